The fourth-order valence-electron chi connectivity index (χ4n) is 8.06. The Morgan fingerprint density at radius 1 is 0.937 bits per heavy atom. The second-order valence-electron chi connectivity index (χ2n) is 15.8. The number of nitrogens with one attached hydrogen (secondary N) is 1. The van der Waals surface area contributed by atoms with Gasteiger partial charge in [-0.1, -0.05) is 62.9 Å². The molecule has 0 bridgehead atoms. The van der Waals surface area contributed by atoms with Crippen LogP contribution in [-0.4, -0.2) is 84.7 Å². The molecule has 1 unspecified atom stereocenters. The number of hydrogen-bond acceptors (Lipinski definition) is 10. The van der Waals surface area contributed by atoms with Crippen LogP contribution in [0.15, 0.2) is 120 Å². The number of fused-ring (bicyclic) bond motifs is 1. The smallest absolute Gasteiger partial charge is 0.336 e. The number of nitrogens with zero attached hydrogens (tertiary/aromatic N) is 3. The highest BCUT2D eigenvalue weighted by Crippen LogP contribution is 2.47. The van der Waals surface area contributed by atoms with Gasteiger partial charge in [0.15, 0.2) is 5.75 Å². The summed E-state index contributed by atoms with van der Waals surface area (Å²) in [5.74, 6) is 1.21. The van der Waals surface area contributed by atoms with Crippen molar-refractivity contribution in [1.82, 2.24) is 15.3 Å². The van der Waals surface area contributed by atoms with Crippen molar-refractivity contribution < 1.29 is 38.2 Å². The number of likely N-dealkylation sites (tertiary alicyclic amines) is 1. The molecule has 5 aromatic carbocycles. The molecule has 6 aromatic rings. The molecule has 2 saturated heterocycles. The number of halogens is 2. The van der Waals surface area contributed by atoms with Gasteiger partial charge in [-0.25, -0.2) is 4.79 Å². The molecule has 3 heterocycles. The van der Waals surface area contributed by atoms with Crippen molar-refractivity contribution in [3.8, 4) is 33.4 Å². The summed E-state index contributed by atoms with van der Waals surface area (Å²) in [6.07, 6.45) is 2.72. The first kappa shape index (κ1) is 43.8. The number of anilines is 1. The van der Waals surface area contributed by atoms with E-state index in [-0.39, 0.29) is 36.2 Å². The Kier molecular flexibility index (Phi) is 14.0. The molecule has 1 atom stereocenters. The molecule has 14 heteroatoms. The minimum absolute atomic E-state index is 0.0202. The van der Waals surface area contributed by atoms with Crippen LogP contribution >= 0.6 is 27.3 Å². The molecule has 0 radical (unpaired) electrons. The molecular weight excluding hydrogens is 888 g/mol. The lowest BCUT2D eigenvalue weighted by Crippen LogP contribution is -2.61. The molecule has 2 aliphatic heterocycles. The Morgan fingerprint density at radius 2 is 1.65 bits per heavy atom. The number of hydrogen-bond donors (Lipinski definition) is 2. The van der Waals surface area contributed by atoms with E-state index in [1.165, 1.54) is 0 Å². The lowest BCUT2D eigenvalue weighted by atomic mass is 9.99. The van der Waals surface area contributed by atoms with Gasteiger partial charge in [-0.3, -0.25) is 9.69 Å². The van der Waals surface area contributed by atoms with E-state index in [9.17, 15) is 24.0 Å². The Bertz CT molecular complexity index is 2530. The third kappa shape index (κ3) is 10.7. The third-order valence-corrected chi connectivity index (χ3v) is 13.3. The maximum Gasteiger partial charge on any atom is 0.336 e. The summed E-state index contributed by atoms with van der Waals surface area (Å²) in [7, 11) is 1.00. The number of carbonyl (C=O) groups excluding carboxylic acids is 2. The first-order chi connectivity index (χ1) is 30.6. The zero-order chi connectivity index (χ0) is 43.9. The number of rotatable bonds is 18. The van der Waals surface area contributed by atoms with Gasteiger partial charge in [-0.15, -0.1) is 11.3 Å². The molecule has 0 saturated carbocycles. The zero-order valence-electron chi connectivity index (χ0n) is 34.8. The number of benzene rings is 5. The largest absolute Gasteiger partial charge is 0.490 e. The average Bonchev–Trinajstić information content (AvgIpc) is 3.63. The molecule has 2 aliphatic rings. The Hall–Kier alpha value is -5.80. The van der Waals surface area contributed by atoms with E-state index in [1.807, 2.05) is 66.7 Å². The number of carbonyl (C=O) groups is 3. The van der Waals surface area contributed by atoms with Crippen molar-refractivity contribution in [2.75, 3.05) is 38.1 Å². The third-order valence-electron chi connectivity index (χ3n) is 11.6. The van der Waals surface area contributed by atoms with Gasteiger partial charge in [-0.05, 0) is 109 Å². The normalized spacial score (nSPS) is 15.1. The van der Waals surface area contributed by atoms with Crippen LogP contribution in [0.2, 0.25) is 0 Å². The quantitative estimate of drug-likeness (QED) is 0.0637. The van der Waals surface area contributed by atoms with Crippen LogP contribution in [-0.2, 0) is 22.7 Å². The molecular formula is C49H48BrFN4O7S. The Morgan fingerprint density at radius 3 is 2.35 bits per heavy atom. The van der Waals surface area contributed by atoms with Crippen LogP contribution in [0, 0.1) is 0 Å². The number of thiophene rings is 1. The van der Waals surface area contributed by atoms with Crippen LogP contribution in [0.3, 0.4) is 0 Å². The first-order valence-electron chi connectivity index (χ1n) is 21.0. The van der Waals surface area contributed by atoms with Crippen molar-refractivity contribution in [3.63, 3.8) is 0 Å². The molecule has 1 aromatic heterocycles. The summed E-state index contributed by atoms with van der Waals surface area (Å²) in [4.78, 5) is 41.0. The highest BCUT2D eigenvalue weighted by molar-refractivity contribution is 9.10. The van der Waals surface area contributed by atoms with Crippen LogP contribution in [0.5, 0.6) is 23.0 Å². The van der Waals surface area contributed by atoms with Gasteiger partial charge in [0.2, 0.25) is 0 Å². The lowest BCUT2D eigenvalue weighted by Gasteiger charge is -2.48. The number of aromatic carboxylic acids is 1. The van der Waals surface area contributed by atoms with Gasteiger partial charge in [0.25, 0.3) is 5.91 Å². The number of aldehydes is 1. The van der Waals surface area contributed by atoms with Gasteiger partial charge in [0.1, 0.15) is 36.2 Å². The summed E-state index contributed by atoms with van der Waals surface area (Å²) in [5, 5.41) is 13.8. The van der Waals surface area contributed by atoms with Crippen molar-refractivity contribution >= 4 is 61.2 Å². The molecule has 8 rings (SSSR count). The molecule has 1 amide bonds. The van der Waals surface area contributed by atoms with Gasteiger partial charge in [0, 0.05) is 72.5 Å². The van der Waals surface area contributed by atoms with E-state index in [1.54, 1.807) is 23.5 Å². The SMILES string of the molecule is CN(F)C(=O)C(CCC=O)NCc1cc(N2CC(N3CCC(Oc4ccc(Oc5c(-c6ccc(Br)cc6)sc6cc(OCc7ccccc7)ccc56)cc4)CC3)C2)ccc1C(=O)O. The lowest BCUT2D eigenvalue weighted by molar-refractivity contribution is -0.145. The second-order valence-corrected chi connectivity index (χ2v) is 17.8. The van der Waals surface area contributed by atoms with Crippen molar-refractivity contribution in [2.45, 2.75) is 57.0 Å². The number of ether oxygens (including phenoxy) is 3. The predicted octanol–water partition coefficient (Wildman–Crippen LogP) is 9.91. The molecule has 11 nitrogen and oxygen atoms in total. The summed E-state index contributed by atoms with van der Waals surface area (Å²) >= 11 is 5.24. The van der Waals surface area contributed by atoms with E-state index in [2.05, 4.69) is 67.4 Å². The van der Waals surface area contributed by atoms with Crippen molar-refractivity contribution in [1.29, 1.82) is 0 Å². The monoisotopic (exact) mass is 934 g/mol. The number of carboxylic acids is 1. The fourth-order valence-corrected chi connectivity index (χ4v) is 9.48. The first-order valence-corrected chi connectivity index (χ1v) is 22.6. The second kappa shape index (κ2) is 20.1. The molecule has 2 N–H and O–H groups in total. The van der Waals surface area contributed by atoms with E-state index in [0.717, 1.165) is 99.6 Å². The molecule has 326 valence electrons. The number of likely N-dealkylation sites (N-methyl/N-ethyl adjacent to an activating group) is 1. The van der Waals surface area contributed by atoms with Crippen molar-refractivity contribution in [2.24, 2.45) is 0 Å². The Labute approximate surface area is 378 Å². The van der Waals surface area contributed by atoms with Crippen LogP contribution in [0.4, 0.5) is 10.2 Å². The van der Waals surface area contributed by atoms with Crippen LogP contribution in [0.1, 0.15) is 47.2 Å². The maximum absolute atomic E-state index is 13.7. The van der Waals surface area contributed by atoms with Gasteiger partial charge < -0.3 is 34.3 Å². The Balaban J connectivity index is 0.853. The summed E-state index contributed by atoms with van der Waals surface area (Å²) in [6.45, 7) is 3.92. The van der Waals surface area contributed by atoms with Crippen LogP contribution < -0.4 is 24.4 Å². The molecule has 2 fully saturated rings. The van der Waals surface area contributed by atoms with E-state index < -0.39 is 17.9 Å². The van der Waals surface area contributed by atoms with Gasteiger partial charge in [-0.2, -0.15) is 5.12 Å². The summed E-state index contributed by atoms with van der Waals surface area (Å²) in [5.41, 5.74) is 3.64. The van der Waals surface area contributed by atoms with E-state index in [0.29, 0.717) is 30.2 Å². The van der Waals surface area contributed by atoms with E-state index >= 15 is 0 Å². The number of amides is 1. The van der Waals surface area contributed by atoms with Gasteiger partial charge >= 0.3 is 5.97 Å². The predicted molar refractivity (Wildman–Crippen MR) is 247 cm³/mol. The standard InChI is InChI=1S/C49H48BrFN4O7S/c1-53(51)48(57)44(8-5-25-56)52-28-34-26-36(13-19-42(34)49(58)59)55-29-37(30-55)54-23-21-40(22-24-54)61-38-14-16-39(17-15-38)62-46-43-20-18-41(60-31-32-6-3-2-4-7-32)27-45(43)63-47(46)33-9-11-35(50)12-10-33/h2-4,6-7,9-20,25-27,37,40,44,52H,5,8,21-24,28-31H2,1H3,(H,58,59). The topological polar surface area (TPSA) is 121 Å². The maximum atomic E-state index is 13.7. The van der Waals surface area contributed by atoms with Crippen LogP contribution in [0.25, 0.3) is 20.5 Å². The fraction of sp³-hybridized carbons (Fsp3) is 0.286. The molecule has 0 aliphatic carbocycles. The number of carboxylic acid groups (broad SMARTS) is 1. The number of piperidine rings is 1. The molecule has 63 heavy (non-hydrogen) atoms. The minimum Gasteiger partial charge on any atom is -0.490 e. The highest BCUT2D eigenvalue weighted by atomic mass is 79.9. The van der Waals surface area contributed by atoms with E-state index in [4.69, 9.17) is 14.2 Å². The van der Waals surface area contributed by atoms with Crippen molar-refractivity contribution in [3.05, 3.63) is 136 Å². The molecule has 0 spiro atoms. The average molecular weight is 936 g/mol. The minimum atomic E-state index is -1.09. The highest BCUT2D eigenvalue weighted by Gasteiger charge is 2.35. The summed E-state index contributed by atoms with van der Waals surface area (Å²) in [6, 6.07) is 37.0. The zero-order valence-corrected chi connectivity index (χ0v) is 37.2. The van der Waals surface area contributed by atoms with Gasteiger partial charge in [0.05, 0.1) is 16.5 Å². The summed E-state index contributed by atoms with van der Waals surface area (Å²) < 4.78 is 35.1.